The molecule has 7 nitrogen and oxygen atoms in total. The molecule has 0 unspecified atom stereocenters. The zero-order valence-corrected chi connectivity index (χ0v) is 17.0. The summed E-state index contributed by atoms with van der Waals surface area (Å²) in [4.78, 5) is 25.6. The second-order valence-electron chi connectivity index (χ2n) is 8.28. The van der Waals surface area contributed by atoms with Crippen LogP contribution in [0.4, 0.5) is 18.9 Å². The van der Waals surface area contributed by atoms with E-state index in [4.69, 9.17) is 5.26 Å². The van der Waals surface area contributed by atoms with Crippen LogP contribution in [0.25, 0.3) is 0 Å². The minimum Gasteiger partial charge on any atom is -0.336 e. The lowest BCUT2D eigenvalue weighted by Crippen LogP contribution is -2.62. The van der Waals surface area contributed by atoms with Gasteiger partial charge in [0.1, 0.15) is 17.2 Å². The Balaban J connectivity index is 1.35. The summed E-state index contributed by atoms with van der Waals surface area (Å²) in [6.07, 6.45) is 1.31. The normalized spacial score (nSPS) is 20.7. The third-order valence-electron chi connectivity index (χ3n) is 6.07. The number of benzene rings is 2. The Morgan fingerprint density at radius 2 is 2.03 bits per heavy atom. The highest BCUT2D eigenvalue weighted by molar-refractivity contribution is 6.05. The standard InChI is InChI=1S/C23H16F3N5O2/c24-15-5-16-14-7-23(8-14,22(33)28-19(16)17(25)6-15)29-21(32)20-18(26)11-31(30-20)10-13-3-1-2-12(4-13)9-27/h1-6,11,14H,7-8,10H2,(H,28,33)(H,29,32)/t14-,23+. The molecule has 1 aliphatic carbocycles. The zero-order chi connectivity index (χ0) is 23.3. The number of carbonyl (C=O) groups is 2. The molecule has 0 saturated heterocycles. The Bertz CT molecular complexity index is 1350. The quantitative estimate of drug-likeness (QED) is 0.636. The van der Waals surface area contributed by atoms with Gasteiger partial charge in [-0.1, -0.05) is 12.1 Å². The van der Waals surface area contributed by atoms with Crippen molar-refractivity contribution < 1.29 is 22.8 Å². The van der Waals surface area contributed by atoms with Crippen LogP contribution in [0.2, 0.25) is 0 Å². The van der Waals surface area contributed by atoms with E-state index >= 15 is 0 Å². The molecule has 3 heterocycles. The lowest BCUT2D eigenvalue weighted by Gasteiger charge is -2.44. The largest absolute Gasteiger partial charge is 0.336 e. The minimum atomic E-state index is -1.37. The number of hydrogen-bond acceptors (Lipinski definition) is 4. The van der Waals surface area contributed by atoms with Crippen LogP contribution in [-0.4, -0.2) is 27.1 Å². The third kappa shape index (κ3) is 3.51. The molecule has 2 N–H and O–H groups in total. The van der Waals surface area contributed by atoms with Gasteiger partial charge in [-0.25, -0.2) is 13.2 Å². The number of nitrogens with zero attached hydrogens (tertiary/aromatic N) is 3. The summed E-state index contributed by atoms with van der Waals surface area (Å²) >= 11 is 0. The maximum absolute atomic E-state index is 14.5. The Morgan fingerprint density at radius 1 is 1.24 bits per heavy atom. The first kappa shape index (κ1) is 20.8. The number of nitriles is 1. The molecule has 1 aromatic heterocycles. The van der Waals surface area contributed by atoms with Crippen molar-refractivity contribution in [2.75, 3.05) is 5.32 Å². The average molecular weight is 451 g/mol. The minimum absolute atomic E-state index is 0.102. The lowest BCUT2D eigenvalue weighted by molar-refractivity contribution is -0.125. The van der Waals surface area contributed by atoms with Gasteiger partial charge in [0.05, 0.1) is 30.1 Å². The molecule has 2 aromatic carbocycles. The number of hydrogen-bond donors (Lipinski definition) is 2. The van der Waals surface area contributed by atoms with E-state index in [2.05, 4.69) is 15.7 Å². The predicted octanol–water partition coefficient (Wildman–Crippen LogP) is 3.22. The SMILES string of the molecule is N#Cc1cccc(Cn2cc(F)c(C(=O)N[C@]34C[C@@H](C3)c3cc(F)cc(F)c3NC4=O)n2)c1. The van der Waals surface area contributed by atoms with E-state index in [1.807, 2.05) is 6.07 Å². The number of carbonyl (C=O) groups excluding carboxylic acids is 2. The second-order valence-corrected chi connectivity index (χ2v) is 8.28. The van der Waals surface area contributed by atoms with Gasteiger partial charge in [0, 0.05) is 6.07 Å². The molecule has 3 aromatic rings. The second kappa shape index (κ2) is 7.48. The fraction of sp³-hybridized carbons (Fsp3) is 0.217. The summed E-state index contributed by atoms with van der Waals surface area (Å²) in [5.41, 5.74) is -0.502. The molecule has 166 valence electrons. The van der Waals surface area contributed by atoms with Crippen LogP contribution in [0.3, 0.4) is 0 Å². The van der Waals surface area contributed by atoms with Gasteiger partial charge in [-0.2, -0.15) is 10.4 Å². The molecule has 2 aliphatic heterocycles. The van der Waals surface area contributed by atoms with Gasteiger partial charge in [-0.3, -0.25) is 14.3 Å². The number of amides is 2. The van der Waals surface area contributed by atoms with Crippen molar-refractivity contribution in [3.8, 4) is 6.07 Å². The number of anilines is 1. The molecule has 2 amide bonds. The first-order valence-corrected chi connectivity index (χ1v) is 10.1. The Kier molecular flexibility index (Phi) is 4.70. The highest BCUT2D eigenvalue weighted by atomic mass is 19.1. The number of rotatable bonds is 4. The summed E-state index contributed by atoms with van der Waals surface area (Å²) < 4.78 is 43.6. The fourth-order valence-electron chi connectivity index (χ4n) is 4.46. The number of nitrogens with one attached hydrogen (secondary N) is 2. The zero-order valence-electron chi connectivity index (χ0n) is 17.0. The van der Waals surface area contributed by atoms with Crippen LogP contribution in [0.15, 0.2) is 42.6 Å². The molecule has 0 atom stereocenters. The monoisotopic (exact) mass is 451 g/mol. The molecule has 10 heteroatoms. The van der Waals surface area contributed by atoms with Gasteiger partial charge < -0.3 is 10.6 Å². The average Bonchev–Trinajstić information content (AvgIpc) is 3.01. The summed E-state index contributed by atoms with van der Waals surface area (Å²) in [6.45, 7) is 0.133. The van der Waals surface area contributed by atoms with E-state index in [0.717, 1.165) is 6.20 Å². The van der Waals surface area contributed by atoms with E-state index in [-0.39, 0.29) is 31.0 Å². The van der Waals surface area contributed by atoms with Crippen molar-refractivity contribution in [1.82, 2.24) is 15.1 Å². The number of aromatic nitrogens is 2. The fourth-order valence-corrected chi connectivity index (χ4v) is 4.46. The summed E-state index contributed by atoms with van der Waals surface area (Å²) in [7, 11) is 0. The van der Waals surface area contributed by atoms with Crippen LogP contribution in [0.1, 0.15) is 45.9 Å². The molecule has 33 heavy (non-hydrogen) atoms. The number of fused-ring (bicyclic) bond motifs is 1. The van der Waals surface area contributed by atoms with Crippen LogP contribution >= 0.6 is 0 Å². The topological polar surface area (TPSA) is 99.8 Å². The first-order valence-electron chi connectivity index (χ1n) is 10.1. The summed E-state index contributed by atoms with van der Waals surface area (Å²) in [5.74, 6) is -4.39. The molecular weight excluding hydrogens is 435 g/mol. The van der Waals surface area contributed by atoms with Crippen molar-refractivity contribution in [2.45, 2.75) is 30.8 Å². The maximum Gasteiger partial charge on any atom is 0.275 e. The lowest BCUT2D eigenvalue weighted by atomic mass is 9.66. The highest BCUT2D eigenvalue weighted by Gasteiger charge is 2.55. The van der Waals surface area contributed by atoms with Crippen LogP contribution in [0.5, 0.6) is 0 Å². The smallest absolute Gasteiger partial charge is 0.275 e. The number of halogens is 3. The molecule has 0 spiro atoms. The summed E-state index contributed by atoms with van der Waals surface area (Å²) in [5, 5.41) is 18.0. The molecule has 1 fully saturated rings. The Labute approximate surface area is 185 Å². The molecular formula is C23H16F3N5O2. The predicted molar refractivity (Wildman–Crippen MR) is 110 cm³/mol. The Morgan fingerprint density at radius 3 is 2.79 bits per heavy atom. The van der Waals surface area contributed by atoms with E-state index in [1.165, 1.54) is 10.7 Å². The van der Waals surface area contributed by atoms with Crippen LogP contribution in [0, 0.1) is 28.8 Å². The molecule has 1 saturated carbocycles. The summed E-state index contributed by atoms with van der Waals surface area (Å²) in [6, 6.07) is 10.6. The van der Waals surface area contributed by atoms with Gasteiger partial charge >= 0.3 is 0 Å². The Hall–Kier alpha value is -4.13. The van der Waals surface area contributed by atoms with Crippen molar-refractivity contribution in [3.05, 3.63) is 82.4 Å². The van der Waals surface area contributed by atoms with E-state index in [1.54, 1.807) is 24.3 Å². The van der Waals surface area contributed by atoms with Gasteiger partial charge in [0.2, 0.25) is 5.91 Å². The van der Waals surface area contributed by atoms with Crippen molar-refractivity contribution in [1.29, 1.82) is 5.26 Å². The van der Waals surface area contributed by atoms with Crippen molar-refractivity contribution in [3.63, 3.8) is 0 Å². The van der Waals surface area contributed by atoms with E-state index in [0.29, 0.717) is 22.8 Å². The molecule has 0 radical (unpaired) electrons. The third-order valence-corrected chi connectivity index (χ3v) is 6.07. The molecule has 2 bridgehead atoms. The van der Waals surface area contributed by atoms with Gasteiger partial charge in [0.25, 0.3) is 5.91 Å². The van der Waals surface area contributed by atoms with E-state index < -0.39 is 40.5 Å². The molecule has 3 aliphatic rings. The molecule has 6 rings (SSSR count). The van der Waals surface area contributed by atoms with Gasteiger partial charge in [-0.15, -0.1) is 0 Å². The van der Waals surface area contributed by atoms with Crippen LogP contribution in [-0.2, 0) is 11.3 Å². The van der Waals surface area contributed by atoms with Crippen molar-refractivity contribution in [2.24, 2.45) is 0 Å². The van der Waals surface area contributed by atoms with Gasteiger partial charge in [-0.05, 0) is 48.1 Å². The highest BCUT2D eigenvalue weighted by Crippen LogP contribution is 2.51. The maximum atomic E-state index is 14.5. The first-order chi connectivity index (χ1) is 15.8. The van der Waals surface area contributed by atoms with E-state index in [9.17, 15) is 22.8 Å². The van der Waals surface area contributed by atoms with Crippen LogP contribution < -0.4 is 10.6 Å². The van der Waals surface area contributed by atoms with Crippen molar-refractivity contribution >= 4 is 17.5 Å². The van der Waals surface area contributed by atoms with Gasteiger partial charge in [0.15, 0.2) is 11.5 Å².